The second-order valence-electron chi connectivity index (χ2n) is 5.25. The summed E-state index contributed by atoms with van der Waals surface area (Å²) >= 11 is 0. The molecule has 0 saturated heterocycles. The van der Waals surface area contributed by atoms with E-state index in [1.807, 2.05) is 13.8 Å². The number of nitrogens with one attached hydrogen (secondary N) is 1. The fourth-order valence-corrected chi connectivity index (χ4v) is 2.12. The molecule has 1 rings (SSSR count). The average Bonchev–Trinajstić information content (AvgIpc) is 2.54. The summed E-state index contributed by atoms with van der Waals surface area (Å²) in [6.07, 6.45) is 7.92. The highest BCUT2D eigenvalue weighted by atomic mass is 16.3. The zero-order chi connectivity index (χ0) is 10.4. The van der Waals surface area contributed by atoms with E-state index in [2.05, 4.69) is 5.32 Å². The molecular formula is C12H25NO. The van der Waals surface area contributed by atoms with Gasteiger partial charge in [-0.1, -0.05) is 25.7 Å². The van der Waals surface area contributed by atoms with Crippen molar-refractivity contribution < 1.29 is 5.11 Å². The standard InChI is InChI=1S/C12H25NO/c1-12(2,14)8-10-13-9-7-11-5-3-4-6-11/h11,13-14H,3-10H2,1-2H3. The van der Waals surface area contributed by atoms with E-state index in [9.17, 15) is 5.11 Å². The summed E-state index contributed by atoms with van der Waals surface area (Å²) in [5.41, 5.74) is -0.514. The highest BCUT2D eigenvalue weighted by molar-refractivity contribution is 4.70. The SMILES string of the molecule is CC(C)(O)CCNCCC1CCCC1. The minimum Gasteiger partial charge on any atom is -0.390 e. The Labute approximate surface area is 88.1 Å². The molecule has 0 spiro atoms. The maximum Gasteiger partial charge on any atom is 0.0603 e. The van der Waals surface area contributed by atoms with Gasteiger partial charge in [0.25, 0.3) is 0 Å². The smallest absolute Gasteiger partial charge is 0.0603 e. The number of aliphatic hydroxyl groups is 1. The number of hydrogen-bond acceptors (Lipinski definition) is 2. The van der Waals surface area contributed by atoms with Crippen molar-refractivity contribution in [1.29, 1.82) is 0 Å². The van der Waals surface area contributed by atoms with Crippen LogP contribution >= 0.6 is 0 Å². The first kappa shape index (κ1) is 12.0. The molecule has 0 bridgehead atoms. The van der Waals surface area contributed by atoms with Crippen LogP contribution < -0.4 is 5.32 Å². The molecule has 0 atom stereocenters. The minimum absolute atomic E-state index is 0.514. The van der Waals surface area contributed by atoms with Gasteiger partial charge in [-0.25, -0.2) is 0 Å². The van der Waals surface area contributed by atoms with E-state index in [0.717, 1.165) is 25.4 Å². The Kier molecular flexibility index (Phi) is 4.90. The molecule has 2 heteroatoms. The maximum atomic E-state index is 9.49. The van der Waals surface area contributed by atoms with Crippen molar-refractivity contribution in [3.63, 3.8) is 0 Å². The summed E-state index contributed by atoms with van der Waals surface area (Å²) in [6.45, 7) is 5.80. The molecule has 1 aliphatic rings. The van der Waals surface area contributed by atoms with Gasteiger partial charge < -0.3 is 10.4 Å². The van der Waals surface area contributed by atoms with Gasteiger partial charge in [0.2, 0.25) is 0 Å². The molecule has 0 heterocycles. The highest BCUT2D eigenvalue weighted by Gasteiger charge is 2.14. The molecule has 1 fully saturated rings. The van der Waals surface area contributed by atoms with Gasteiger partial charge in [-0.05, 0) is 45.7 Å². The lowest BCUT2D eigenvalue weighted by atomic mass is 10.0. The van der Waals surface area contributed by atoms with Crippen molar-refractivity contribution in [2.75, 3.05) is 13.1 Å². The van der Waals surface area contributed by atoms with E-state index in [-0.39, 0.29) is 0 Å². The largest absolute Gasteiger partial charge is 0.390 e. The summed E-state index contributed by atoms with van der Waals surface area (Å²) < 4.78 is 0. The molecule has 0 aromatic rings. The van der Waals surface area contributed by atoms with Crippen LogP contribution in [0.1, 0.15) is 52.4 Å². The fourth-order valence-electron chi connectivity index (χ4n) is 2.12. The summed E-state index contributed by atoms with van der Waals surface area (Å²) in [5.74, 6) is 0.977. The summed E-state index contributed by atoms with van der Waals surface area (Å²) in [5, 5.41) is 12.9. The Balaban J connectivity index is 1.89. The van der Waals surface area contributed by atoms with Gasteiger partial charge in [-0.2, -0.15) is 0 Å². The first-order valence-electron chi connectivity index (χ1n) is 6.01. The molecule has 2 nitrogen and oxygen atoms in total. The van der Waals surface area contributed by atoms with Crippen LogP contribution in [-0.4, -0.2) is 23.8 Å². The average molecular weight is 199 g/mol. The van der Waals surface area contributed by atoms with Crippen molar-refractivity contribution >= 4 is 0 Å². The topological polar surface area (TPSA) is 32.3 Å². The molecule has 0 radical (unpaired) electrons. The van der Waals surface area contributed by atoms with Crippen LogP contribution in [0.3, 0.4) is 0 Å². The third kappa shape index (κ3) is 5.61. The summed E-state index contributed by atoms with van der Waals surface area (Å²) in [4.78, 5) is 0. The van der Waals surface area contributed by atoms with Crippen molar-refractivity contribution in [3.05, 3.63) is 0 Å². The van der Waals surface area contributed by atoms with Crippen LogP contribution in [0.2, 0.25) is 0 Å². The second-order valence-corrected chi connectivity index (χ2v) is 5.25. The molecule has 0 aliphatic heterocycles. The van der Waals surface area contributed by atoms with Gasteiger partial charge in [0.05, 0.1) is 5.60 Å². The van der Waals surface area contributed by atoms with Gasteiger partial charge in [0.15, 0.2) is 0 Å². The third-order valence-corrected chi connectivity index (χ3v) is 3.12. The van der Waals surface area contributed by atoms with Crippen LogP contribution in [0.5, 0.6) is 0 Å². The van der Waals surface area contributed by atoms with Crippen molar-refractivity contribution in [2.24, 2.45) is 5.92 Å². The first-order chi connectivity index (χ1) is 6.58. The second kappa shape index (κ2) is 5.72. The van der Waals surface area contributed by atoms with E-state index in [4.69, 9.17) is 0 Å². The predicted molar refractivity (Wildman–Crippen MR) is 60.4 cm³/mol. The molecule has 0 unspecified atom stereocenters. The minimum atomic E-state index is -0.514. The van der Waals surface area contributed by atoms with Gasteiger partial charge >= 0.3 is 0 Å². The molecule has 0 aromatic carbocycles. The summed E-state index contributed by atoms with van der Waals surface area (Å²) in [6, 6.07) is 0. The molecule has 0 aromatic heterocycles. The van der Waals surface area contributed by atoms with E-state index < -0.39 is 5.60 Å². The van der Waals surface area contributed by atoms with E-state index in [1.54, 1.807) is 0 Å². The Morgan fingerprint density at radius 1 is 1.21 bits per heavy atom. The maximum absolute atomic E-state index is 9.49. The van der Waals surface area contributed by atoms with Gasteiger partial charge in [-0.15, -0.1) is 0 Å². The predicted octanol–water partition coefficient (Wildman–Crippen LogP) is 2.32. The fraction of sp³-hybridized carbons (Fsp3) is 1.00. The van der Waals surface area contributed by atoms with E-state index in [0.29, 0.717) is 0 Å². The number of rotatable bonds is 6. The normalized spacial score (nSPS) is 19.1. The molecule has 14 heavy (non-hydrogen) atoms. The lowest BCUT2D eigenvalue weighted by molar-refractivity contribution is 0.0712. The van der Waals surface area contributed by atoms with Crippen LogP contribution in [0.15, 0.2) is 0 Å². The van der Waals surface area contributed by atoms with Crippen LogP contribution in [0, 0.1) is 5.92 Å². The van der Waals surface area contributed by atoms with E-state index in [1.165, 1.54) is 32.1 Å². The Bertz CT molecular complexity index is 145. The van der Waals surface area contributed by atoms with Crippen molar-refractivity contribution in [3.8, 4) is 0 Å². The van der Waals surface area contributed by atoms with Crippen LogP contribution in [0.4, 0.5) is 0 Å². The molecule has 1 aliphatic carbocycles. The van der Waals surface area contributed by atoms with Crippen molar-refractivity contribution in [2.45, 2.75) is 58.0 Å². The van der Waals surface area contributed by atoms with Gasteiger partial charge in [-0.3, -0.25) is 0 Å². The Morgan fingerprint density at radius 3 is 2.43 bits per heavy atom. The quantitative estimate of drug-likeness (QED) is 0.643. The third-order valence-electron chi connectivity index (χ3n) is 3.12. The Morgan fingerprint density at radius 2 is 1.86 bits per heavy atom. The zero-order valence-electron chi connectivity index (χ0n) is 9.68. The monoisotopic (exact) mass is 199 g/mol. The zero-order valence-corrected chi connectivity index (χ0v) is 9.68. The van der Waals surface area contributed by atoms with Gasteiger partial charge in [0.1, 0.15) is 0 Å². The van der Waals surface area contributed by atoms with E-state index >= 15 is 0 Å². The molecular weight excluding hydrogens is 174 g/mol. The van der Waals surface area contributed by atoms with Crippen molar-refractivity contribution in [1.82, 2.24) is 5.32 Å². The highest BCUT2D eigenvalue weighted by Crippen LogP contribution is 2.26. The summed E-state index contributed by atoms with van der Waals surface area (Å²) in [7, 11) is 0. The lowest BCUT2D eigenvalue weighted by Crippen LogP contribution is -2.27. The van der Waals surface area contributed by atoms with Crippen LogP contribution in [-0.2, 0) is 0 Å². The Hall–Kier alpha value is -0.0800. The lowest BCUT2D eigenvalue weighted by Gasteiger charge is -2.17. The first-order valence-corrected chi connectivity index (χ1v) is 6.01. The molecule has 1 saturated carbocycles. The van der Waals surface area contributed by atoms with Crippen LogP contribution in [0.25, 0.3) is 0 Å². The van der Waals surface area contributed by atoms with Gasteiger partial charge in [0, 0.05) is 0 Å². The molecule has 2 N–H and O–H groups in total. The molecule has 84 valence electrons. The number of hydrogen-bond donors (Lipinski definition) is 2. The molecule has 0 amide bonds.